The van der Waals surface area contributed by atoms with E-state index < -0.39 is 5.23 Å². The Morgan fingerprint density at radius 3 is 2.67 bits per heavy atom. The molecule has 0 saturated carbocycles. The van der Waals surface area contributed by atoms with E-state index in [1.165, 1.54) is 17.7 Å². The molecule has 108 valence electrons. The van der Waals surface area contributed by atoms with Crippen LogP contribution in [0.2, 0.25) is 0 Å². The highest BCUT2D eigenvalue weighted by molar-refractivity contribution is 5.96. The summed E-state index contributed by atoms with van der Waals surface area (Å²) in [5.41, 5.74) is 1.90. The first-order valence-corrected chi connectivity index (χ1v) is 6.72. The van der Waals surface area contributed by atoms with Crippen molar-refractivity contribution in [3.05, 3.63) is 76.1 Å². The van der Waals surface area contributed by atoms with Crippen molar-refractivity contribution < 1.29 is 4.74 Å². The normalized spacial score (nSPS) is 17.2. The van der Waals surface area contributed by atoms with Crippen molar-refractivity contribution in [3.8, 4) is 0 Å². The zero-order chi connectivity index (χ0) is 14.7. The second kappa shape index (κ2) is 5.95. The number of rotatable bonds is 4. The lowest BCUT2D eigenvalue weighted by molar-refractivity contribution is 0.317. The average molecular weight is 282 g/mol. The molecule has 0 saturated heterocycles. The lowest BCUT2D eigenvalue weighted by Crippen LogP contribution is -2.09. The zero-order valence-electron chi connectivity index (χ0n) is 11.3. The molecule has 1 atom stereocenters. The van der Waals surface area contributed by atoms with Crippen LogP contribution in [0.1, 0.15) is 11.1 Å². The van der Waals surface area contributed by atoms with E-state index in [2.05, 4.69) is 17.1 Å². The van der Waals surface area contributed by atoms with Crippen LogP contribution in [0.25, 0.3) is 0 Å². The fourth-order valence-electron chi connectivity index (χ4n) is 2.32. The number of hydrogen-bond acceptors (Lipinski definition) is 5. The maximum Gasteiger partial charge on any atom is 0.216 e. The van der Waals surface area contributed by atoms with Gasteiger partial charge in [0.2, 0.25) is 5.90 Å². The average Bonchev–Trinajstić information content (AvgIpc) is 2.97. The Labute approximate surface area is 122 Å². The van der Waals surface area contributed by atoms with Crippen LogP contribution < -0.4 is 5.23 Å². The molecule has 0 fully saturated rings. The molecule has 5 nitrogen and oxygen atoms in total. The first-order chi connectivity index (χ1) is 10.2. The molecule has 0 aromatic heterocycles. The predicted octanol–water partition coefficient (Wildman–Crippen LogP) is 2.88. The van der Waals surface area contributed by atoms with Crippen molar-refractivity contribution in [2.24, 2.45) is 4.99 Å². The predicted molar refractivity (Wildman–Crippen MR) is 82.1 cm³/mol. The molecule has 2 aromatic rings. The van der Waals surface area contributed by atoms with Crippen LogP contribution in [0, 0.1) is 10.4 Å². The Bertz CT molecular complexity index is 641. The maximum atomic E-state index is 10.8. The van der Waals surface area contributed by atoms with Gasteiger partial charge in [-0.15, -0.1) is 0 Å². The third-order valence-corrected chi connectivity index (χ3v) is 3.33. The molecule has 21 heavy (non-hydrogen) atoms. The molecule has 0 N–H and O–H groups in total. The first kappa shape index (κ1) is 13.6. The third-order valence-electron chi connectivity index (χ3n) is 3.33. The molecule has 2 aromatic carbocycles. The maximum absolute atomic E-state index is 10.8. The summed E-state index contributed by atoms with van der Waals surface area (Å²) in [6.45, 7) is 0.507. The fourth-order valence-corrected chi connectivity index (χ4v) is 2.32. The third kappa shape index (κ3) is 3.21. The van der Waals surface area contributed by atoms with Gasteiger partial charge in [0, 0.05) is 11.3 Å². The summed E-state index contributed by atoms with van der Waals surface area (Å²) in [5.74, 6) is 0.486. The van der Waals surface area contributed by atoms with Gasteiger partial charge in [0.05, 0.1) is 6.04 Å². The standard InChI is InChI=1S/C16H14N2O3/c19-18(20)15-8-4-7-13(10-15)16-17-14(11-21-16)9-12-5-2-1-3-6-12/h1-8,10,14H,9,11H2/q-2/t14-/m1/s1. The van der Waals surface area contributed by atoms with Gasteiger partial charge in [0.15, 0.2) is 0 Å². The molecule has 0 radical (unpaired) electrons. The Kier molecular flexibility index (Phi) is 3.85. The van der Waals surface area contributed by atoms with E-state index in [1.54, 1.807) is 12.1 Å². The van der Waals surface area contributed by atoms with Gasteiger partial charge in [-0.25, -0.2) is 4.99 Å². The van der Waals surface area contributed by atoms with Gasteiger partial charge in [-0.3, -0.25) is 0 Å². The molecule has 1 aliphatic heterocycles. The van der Waals surface area contributed by atoms with E-state index in [4.69, 9.17) is 4.74 Å². The van der Waals surface area contributed by atoms with Crippen molar-refractivity contribution in [1.29, 1.82) is 0 Å². The van der Waals surface area contributed by atoms with Crippen LogP contribution in [0.4, 0.5) is 5.69 Å². The lowest BCUT2D eigenvalue weighted by Gasteiger charge is -2.37. The van der Waals surface area contributed by atoms with Crippen LogP contribution >= 0.6 is 0 Å². The van der Waals surface area contributed by atoms with E-state index in [-0.39, 0.29) is 11.7 Å². The minimum atomic E-state index is -0.416. The largest absolute Gasteiger partial charge is 0.769 e. The van der Waals surface area contributed by atoms with Gasteiger partial charge < -0.3 is 20.4 Å². The minimum absolute atomic E-state index is 0.0466. The van der Waals surface area contributed by atoms with Crippen molar-refractivity contribution in [2.75, 3.05) is 11.8 Å². The van der Waals surface area contributed by atoms with Crippen molar-refractivity contribution in [1.82, 2.24) is 0 Å². The second-order valence-electron chi connectivity index (χ2n) is 4.90. The summed E-state index contributed by atoms with van der Waals surface area (Å²) >= 11 is 0. The number of aliphatic imine (C=N–C) groups is 1. The molecule has 0 bridgehead atoms. The van der Waals surface area contributed by atoms with Crippen LogP contribution in [0.3, 0.4) is 0 Å². The topological polar surface area (TPSA) is 71.0 Å². The Balaban J connectivity index is 1.75. The molecule has 5 heteroatoms. The number of benzene rings is 2. The van der Waals surface area contributed by atoms with E-state index in [9.17, 15) is 10.4 Å². The number of hydrogen-bond donors (Lipinski definition) is 0. The molecular weight excluding hydrogens is 268 g/mol. The summed E-state index contributed by atoms with van der Waals surface area (Å²) in [7, 11) is 0. The van der Waals surface area contributed by atoms with E-state index in [1.807, 2.05) is 18.2 Å². The van der Waals surface area contributed by atoms with Gasteiger partial charge in [0.1, 0.15) is 6.61 Å². The van der Waals surface area contributed by atoms with Gasteiger partial charge >= 0.3 is 0 Å². The van der Waals surface area contributed by atoms with Crippen LogP contribution in [0.5, 0.6) is 0 Å². The molecule has 0 unspecified atom stereocenters. The van der Waals surface area contributed by atoms with Gasteiger partial charge in [-0.1, -0.05) is 36.4 Å². The second-order valence-corrected chi connectivity index (χ2v) is 4.90. The lowest BCUT2D eigenvalue weighted by atomic mass is 10.1. The molecule has 1 heterocycles. The van der Waals surface area contributed by atoms with Crippen molar-refractivity contribution >= 4 is 11.6 Å². The van der Waals surface area contributed by atoms with Crippen molar-refractivity contribution in [2.45, 2.75) is 12.5 Å². The minimum Gasteiger partial charge on any atom is -0.769 e. The first-order valence-electron chi connectivity index (χ1n) is 6.72. The number of anilines is 1. The van der Waals surface area contributed by atoms with Crippen LogP contribution in [0.15, 0.2) is 59.6 Å². The summed E-state index contributed by atoms with van der Waals surface area (Å²) in [6, 6.07) is 16.5. The smallest absolute Gasteiger partial charge is 0.216 e. The Hall–Kier alpha value is -2.37. The van der Waals surface area contributed by atoms with Gasteiger partial charge in [0.25, 0.3) is 0 Å². The monoisotopic (exact) mass is 282 g/mol. The molecule has 3 rings (SSSR count). The number of ether oxygens (including phenoxy) is 1. The summed E-state index contributed by atoms with van der Waals surface area (Å²) in [6.07, 6.45) is 0.805. The van der Waals surface area contributed by atoms with E-state index >= 15 is 0 Å². The summed E-state index contributed by atoms with van der Waals surface area (Å²) in [5, 5.41) is 21.2. The molecule has 0 aliphatic carbocycles. The highest BCUT2D eigenvalue weighted by atomic mass is 16.8. The van der Waals surface area contributed by atoms with Crippen LogP contribution in [-0.4, -0.2) is 18.5 Å². The van der Waals surface area contributed by atoms with Crippen LogP contribution in [-0.2, 0) is 11.2 Å². The molecule has 0 spiro atoms. The highest BCUT2D eigenvalue weighted by Gasteiger charge is 2.20. The summed E-state index contributed by atoms with van der Waals surface area (Å²) < 4.78 is 5.59. The molecular formula is C16H14N2O3-2. The zero-order valence-corrected chi connectivity index (χ0v) is 11.3. The number of nitrogens with zero attached hydrogens (tertiary/aromatic N) is 2. The van der Waals surface area contributed by atoms with E-state index in [0.717, 1.165) is 6.42 Å². The summed E-state index contributed by atoms with van der Waals surface area (Å²) in [4.78, 5) is 4.53. The fraction of sp³-hybridized carbons (Fsp3) is 0.188. The Morgan fingerprint density at radius 1 is 1.10 bits per heavy atom. The molecule has 1 aliphatic rings. The van der Waals surface area contributed by atoms with Gasteiger partial charge in [-0.2, -0.15) is 0 Å². The highest BCUT2D eigenvalue weighted by Crippen LogP contribution is 2.19. The van der Waals surface area contributed by atoms with Crippen molar-refractivity contribution in [3.63, 3.8) is 0 Å². The van der Waals surface area contributed by atoms with E-state index in [0.29, 0.717) is 18.1 Å². The SMILES string of the molecule is [O-]N([O-])c1cccc(C2=N[C@H](Cc3ccccc3)CO2)c1. The molecule has 0 amide bonds. The van der Waals surface area contributed by atoms with Gasteiger partial charge in [-0.05, 0) is 30.2 Å². The quantitative estimate of drug-likeness (QED) is 0.808. The Morgan fingerprint density at radius 2 is 1.90 bits per heavy atom.